The van der Waals surface area contributed by atoms with Crippen LogP contribution in [-0.4, -0.2) is 40.9 Å². The Morgan fingerprint density at radius 2 is 1.87 bits per heavy atom. The Labute approximate surface area is 177 Å². The van der Waals surface area contributed by atoms with Gasteiger partial charge in [0.2, 0.25) is 5.91 Å². The molecular formula is C24H27N5O. The first kappa shape index (κ1) is 20.0. The van der Waals surface area contributed by atoms with E-state index in [-0.39, 0.29) is 11.9 Å². The molecule has 2 aromatic carbocycles. The molecule has 0 bridgehead atoms. The summed E-state index contributed by atoms with van der Waals surface area (Å²) >= 11 is 0. The number of benzene rings is 2. The number of anilines is 2. The number of hydrogen-bond acceptors (Lipinski definition) is 5. The van der Waals surface area contributed by atoms with Crippen molar-refractivity contribution in [3.8, 4) is 0 Å². The van der Waals surface area contributed by atoms with Gasteiger partial charge in [0.25, 0.3) is 0 Å². The van der Waals surface area contributed by atoms with Gasteiger partial charge in [-0.1, -0.05) is 35.9 Å². The number of carbonyl (C=O) groups is 1. The molecule has 30 heavy (non-hydrogen) atoms. The molecule has 6 nitrogen and oxygen atoms in total. The number of nitrogens with zero attached hydrogens (tertiary/aromatic N) is 3. The highest BCUT2D eigenvalue weighted by Gasteiger charge is 2.13. The minimum absolute atomic E-state index is 0.0853. The summed E-state index contributed by atoms with van der Waals surface area (Å²) in [5.74, 6) is 0.666. The number of amides is 1. The van der Waals surface area contributed by atoms with Gasteiger partial charge in [-0.25, -0.2) is 9.97 Å². The molecule has 3 aromatic rings. The van der Waals surface area contributed by atoms with Crippen molar-refractivity contribution in [3.63, 3.8) is 0 Å². The predicted octanol–water partition coefficient (Wildman–Crippen LogP) is 4.39. The quantitative estimate of drug-likeness (QED) is 0.621. The van der Waals surface area contributed by atoms with E-state index in [0.29, 0.717) is 0 Å². The molecule has 2 N–H and O–H groups in total. The van der Waals surface area contributed by atoms with Crippen molar-refractivity contribution in [2.24, 2.45) is 0 Å². The van der Waals surface area contributed by atoms with E-state index in [0.717, 1.165) is 48.3 Å². The van der Waals surface area contributed by atoms with Crippen molar-refractivity contribution < 1.29 is 4.79 Å². The van der Waals surface area contributed by atoms with Crippen LogP contribution in [0.2, 0.25) is 0 Å². The first-order valence-corrected chi connectivity index (χ1v) is 10.3. The third kappa shape index (κ3) is 4.83. The normalized spacial score (nSPS) is 15.6. The maximum absolute atomic E-state index is 12.5. The average molecular weight is 402 g/mol. The molecule has 2 heterocycles. The van der Waals surface area contributed by atoms with Gasteiger partial charge in [0.1, 0.15) is 12.1 Å². The summed E-state index contributed by atoms with van der Waals surface area (Å²) < 4.78 is 0. The largest absolute Gasteiger partial charge is 0.363 e. The Morgan fingerprint density at radius 1 is 1.10 bits per heavy atom. The fourth-order valence-corrected chi connectivity index (χ4v) is 3.69. The van der Waals surface area contributed by atoms with Crippen molar-refractivity contribution in [2.45, 2.75) is 25.8 Å². The molecule has 154 valence electrons. The van der Waals surface area contributed by atoms with Gasteiger partial charge in [0, 0.05) is 36.3 Å². The number of hydrogen-bond donors (Lipinski definition) is 2. The molecule has 1 amide bonds. The summed E-state index contributed by atoms with van der Waals surface area (Å²) in [6, 6.07) is 16.0. The number of likely N-dealkylation sites (tertiary alicyclic amines) is 1. The Balaban J connectivity index is 1.52. The second-order valence-electron chi connectivity index (χ2n) is 7.83. The van der Waals surface area contributed by atoms with E-state index >= 15 is 0 Å². The molecule has 0 aliphatic carbocycles. The van der Waals surface area contributed by atoms with Crippen molar-refractivity contribution >= 4 is 28.3 Å². The van der Waals surface area contributed by atoms with Gasteiger partial charge in [-0.05, 0) is 50.6 Å². The lowest BCUT2D eigenvalue weighted by molar-refractivity contribution is -0.112. The lowest BCUT2D eigenvalue weighted by Gasteiger charge is -2.23. The van der Waals surface area contributed by atoms with Crippen molar-refractivity contribution in [2.75, 3.05) is 30.8 Å². The van der Waals surface area contributed by atoms with E-state index in [1.165, 1.54) is 11.1 Å². The number of aromatic nitrogens is 2. The topological polar surface area (TPSA) is 70.1 Å². The summed E-state index contributed by atoms with van der Waals surface area (Å²) in [5, 5.41) is 7.34. The highest BCUT2D eigenvalue weighted by molar-refractivity contribution is 6.02. The van der Waals surface area contributed by atoms with Gasteiger partial charge in [-0.15, -0.1) is 0 Å². The zero-order chi connectivity index (χ0) is 20.9. The van der Waals surface area contributed by atoms with Gasteiger partial charge in [0.15, 0.2) is 0 Å². The highest BCUT2D eigenvalue weighted by atomic mass is 16.1. The lowest BCUT2D eigenvalue weighted by Crippen LogP contribution is -2.26. The van der Waals surface area contributed by atoms with E-state index in [9.17, 15) is 4.79 Å². The molecule has 1 aliphatic rings. The monoisotopic (exact) mass is 401 g/mol. The third-order valence-corrected chi connectivity index (χ3v) is 5.52. The third-order valence-electron chi connectivity index (χ3n) is 5.52. The van der Waals surface area contributed by atoms with Crippen LogP contribution in [0.1, 0.15) is 31.4 Å². The van der Waals surface area contributed by atoms with Crippen molar-refractivity contribution in [3.05, 3.63) is 72.1 Å². The van der Waals surface area contributed by atoms with Crippen LogP contribution in [0, 0.1) is 0 Å². The summed E-state index contributed by atoms with van der Waals surface area (Å²) in [6.45, 7) is 4.10. The Bertz CT molecular complexity index is 1050. The maximum Gasteiger partial charge on any atom is 0.248 e. The Hall–Kier alpha value is -3.25. The Morgan fingerprint density at radius 3 is 2.63 bits per heavy atom. The first-order valence-electron chi connectivity index (χ1n) is 10.3. The molecule has 1 aromatic heterocycles. The molecule has 0 saturated carbocycles. The molecule has 0 spiro atoms. The zero-order valence-electron chi connectivity index (χ0n) is 17.4. The fraction of sp³-hybridized carbons (Fsp3) is 0.292. The molecule has 4 rings (SSSR count). The van der Waals surface area contributed by atoms with Gasteiger partial charge >= 0.3 is 0 Å². The van der Waals surface area contributed by atoms with Crippen LogP contribution < -0.4 is 10.6 Å². The molecule has 0 unspecified atom stereocenters. The summed E-state index contributed by atoms with van der Waals surface area (Å²) in [7, 11) is 2.11. The average Bonchev–Trinajstić information content (AvgIpc) is 2.76. The van der Waals surface area contributed by atoms with Gasteiger partial charge in [-0.3, -0.25) is 4.79 Å². The highest BCUT2D eigenvalue weighted by Crippen LogP contribution is 2.26. The molecule has 1 fully saturated rings. The van der Waals surface area contributed by atoms with Gasteiger partial charge < -0.3 is 15.5 Å². The van der Waals surface area contributed by atoms with Crippen molar-refractivity contribution in [1.29, 1.82) is 0 Å². The van der Waals surface area contributed by atoms with Crippen molar-refractivity contribution in [1.82, 2.24) is 14.9 Å². The van der Waals surface area contributed by atoms with Crippen LogP contribution in [0.3, 0.4) is 0 Å². The zero-order valence-corrected chi connectivity index (χ0v) is 17.4. The smallest absolute Gasteiger partial charge is 0.248 e. The predicted molar refractivity (Wildman–Crippen MR) is 121 cm³/mol. The number of rotatable bonds is 5. The van der Waals surface area contributed by atoms with Gasteiger partial charge in [0.05, 0.1) is 5.52 Å². The number of carbonyl (C=O) groups excluding carboxylic acids is 1. The molecule has 1 atom stereocenters. The molecular weight excluding hydrogens is 374 g/mol. The SMILES string of the molecule is C[C@H](Nc1ncnc2ccc(NC(=O)C=C3CCN(C)CC3)cc12)c1ccccc1. The maximum atomic E-state index is 12.5. The number of nitrogens with one attached hydrogen (secondary N) is 2. The standard InChI is InChI=1S/C24H27N5O/c1-17(19-6-4-3-5-7-19)27-24-21-15-20(8-9-22(21)25-16-26-24)28-23(30)14-18-10-12-29(2)13-11-18/h3-9,14-17H,10-13H2,1-2H3,(H,28,30)(H,25,26,27)/t17-/m0/s1. The van der Waals surface area contributed by atoms with Crippen LogP contribution >= 0.6 is 0 Å². The molecule has 1 aliphatic heterocycles. The summed E-state index contributed by atoms with van der Waals surface area (Å²) in [4.78, 5) is 23.6. The van der Waals surface area contributed by atoms with Crippen LogP contribution in [0.25, 0.3) is 10.9 Å². The van der Waals surface area contributed by atoms with E-state index in [1.807, 2.05) is 36.4 Å². The minimum Gasteiger partial charge on any atom is -0.363 e. The second-order valence-corrected chi connectivity index (χ2v) is 7.83. The van der Waals surface area contributed by atoms with E-state index in [2.05, 4.69) is 51.6 Å². The fourth-order valence-electron chi connectivity index (χ4n) is 3.69. The number of piperidine rings is 1. The minimum atomic E-state index is -0.0853. The molecule has 0 radical (unpaired) electrons. The summed E-state index contributed by atoms with van der Waals surface area (Å²) in [5.41, 5.74) is 3.95. The van der Waals surface area contributed by atoms with Gasteiger partial charge in [-0.2, -0.15) is 0 Å². The van der Waals surface area contributed by atoms with Crippen LogP contribution in [-0.2, 0) is 4.79 Å². The Kier molecular flexibility index (Phi) is 6.05. The first-order chi connectivity index (χ1) is 14.6. The molecule has 1 saturated heterocycles. The van der Waals surface area contributed by atoms with E-state index in [4.69, 9.17) is 0 Å². The van der Waals surface area contributed by atoms with Crippen LogP contribution in [0.15, 0.2) is 66.5 Å². The summed E-state index contributed by atoms with van der Waals surface area (Å²) in [6.07, 6.45) is 5.20. The van der Waals surface area contributed by atoms with Crippen LogP contribution in [0.4, 0.5) is 11.5 Å². The lowest BCUT2D eigenvalue weighted by atomic mass is 10.0. The second kappa shape index (κ2) is 9.05. The van der Waals surface area contributed by atoms with E-state index in [1.54, 1.807) is 12.4 Å². The van der Waals surface area contributed by atoms with E-state index < -0.39 is 0 Å². The molecule has 6 heteroatoms. The number of fused-ring (bicyclic) bond motifs is 1. The van der Waals surface area contributed by atoms with Crippen LogP contribution in [0.5, 0.6) is 0 Å².